The van der Waals surface area contributed by atoms with Gasteiger partial charge in [0.2, 0.25) is 5.91 Å². The van der Waals surface area contributed by atoms with E-state index in [1.165, 1.54) is 0 Å². The van der Waals surface area contributed by atoms with Gasteiger partial charge in [0, 0.05) is 43.8 Å². The molecular formula is C27H32F2N6O5S. The predicted octanol–water partition coefficient (Wildman–Crippen LogP) is 1.95. The van der Waals surface area contributed by atoms with Crippen LogP contribution in [0.15, 0.2) is 42.6 Å². The van der Waals surface area contributed by atoms with Gasteiger partial charge >= 0.3 is 5.76 Å². The minimum absolute atomic E-state index is 0.0470. The SMILES string of the molecule is C[C@@H]1CN(c2cccc(-c3ccc4cnc(CC(=O)N[C@H]5C[C@@H](O)CN(S(=O)(=O)C(F)F)C5)cc4n3)n2)C[C@H](C)O1. The van der Waals surface area contributed by atoms with Crippen LogP contribution in [0.25, 0.3) is 22.3 Å². The minimum Gasteiger partial charge on any atom is -0.392 e. The van der Waals surface area contributed by atoms with Crippen molar-refractivity contribution < 1.29 is 31.8 Å². The molecule has 3 aromatic rings. The summed E-state index contributed by atoms with van der Waals surface area (Å²) < 4.78 is 56.0. The number of β-amino-alcohol motifs (C(OH)–C–C–N with tert-alkyl or cyclic N) is 1. The summed E-state index contributed by atoms with van der Waals surface area (Å²) in [4.78, 5) is 28.9. The molecule has 5 rings (SSSR count). The maximum absolute atomic E-state index is 13.0. The smallest absolute Gasteiger partial charge is 0.350 e. The first-order chi connectivity index (χ1) is 19.5. The summed E-state index contributed by atoms with van der Waals surface area (Å²) in [6.45, 7) is 4.76. The van der Waals surface area contributed by atoms with Gasteiger partial charge < -0.3 is 20.1 Å². The Bertz CT molecular complexity index is 1520. The van der Waals surface area contributed by atoms with Crippen molar-refractivity contribution in [3.63, 3.8) is 0 Å². The molecule has 2 aliphatic heterocycles. The van der Waals surface area contributed by atoms with E-state index in [4.69, 9.17) is 14.7 Å². The lowest BCUT2D eigenvalue weighted by molar-refractivity contribution is -0.121. The van der Waals surface area contributed by atoms with E-state index in [1.54, 1.807) is 12.3 Å². The molecule has 2 saturated heterocycles. The molecule has 0 radical (unpaired) electrons. The molecule has 1 amide bonds. The highest BCUT2D eigenvalue weighted by Gasteiger charge is 2.38. The Balaban J connectivity index is 1.29. The van der Waals surface area contributed by atoms with Gasteiger partial charge in [-0.3, -0.25) is 9.78 Å². The zero-order valence-corrected chi connectivity index (χ0v) is 23.5. The average molecular weight is 591 g/mol. The summed E-state index contributed by atoms with van der Waals surface area (Å²) in [6, 6.07) is 10.4. The maximum atomic E-state index is 13.0. The zero-order valence-electron chi connectivity index (χ0n) is 22.7. The maximum Gasteiger partial charge on any atom is 0.350 e. The molecule has 41 heavy (non-hydrogen) atoms. The number of nitrogens with one attached hydrogen (secondary N) is 1. The number of hydrogen-bond donors (Lipinski definition) is 2. The number of nitrogens with zero attached hydrogens (tertiary/aromatic N) is 5. The number of sulfonamides is 1. The fourth-order valence-electron chi connectivity index (χ4n) is 5.31. The van der Waals surface area contributed by atoms with Crippen LogP contribution in [0.3, 0.4) is 0 Å². The van der Waals surface area contributed by atoms with E-state index in [0.717, 1.165) is 24.3 Å². The average Bonchev–Trinajstić information content (AvgIpc) is 2.91. The second kappa shape index (κ2) is 11.9. The third kappa shape index (κ3) is 6.77. The number of rotatable bonds is 7. The molecule has 11 nitrogen and oxygen atoms in total. The van der Waals surface area contributed by atoms with Crippen LogP contribution < -0.4 is 10.2 Å². The third-order valence-electron chi connectivity index (χ3n) is 7.06. The number of halogens is 2. The topological polar surface area (TPSA) is 138 Å². The van der Waals surface area contributed by atoms with Gasteiger partial charge in [-0.25, -0.2) is 18.4 Å². The van der Waals surface area contributed by atoms with Crippen molar-refractivity contribution in [2.75, 3.05) is 31.1 Å². The lowest BCUT2D eigenvalue weighted by Gasteiger charge is -2.36. The van der Waals surface area contributed by atoms with E-state index in [2.05, 4.69) is 15.2 Å². The summed E-state index contributed by atoms with van der Waals surface area (Å²) in [6.07, 6.45) is 0.530. The number of ether oxygens (including phenoxy) is 1. The first-order valence-corrected chi connectivity index (χ1v) is 14.9. The van der Waals surface area contributed by atoms with Gasteiger partial charge in [-0.15, -0.1) is 0 Å². The molecule has 2 fully saturated rings. The van der Waals surface area contributed by atoms with Crippen LogP contribution in [0.5, 0.6) is 0 Å². The standard InChI is InChI=1S/C27H32F2N6O5S/c1-16-12-34(13-17(2)40-16)25-5-3-4-22(33-25)23-7-6-18-11-30-19(9-24(18)32-23)10-26(37)31-20-8-21(36)15-35(14-20)41(38,39)27(28)29/h3-7,9,11,16-17,20-21,27,36H,8,10,12-15H2,1-2H3,(H,31,37)/t16-,17+,20-,21+/m0/s1. The Morgan fingerprint density at radius 1 is 1.10 bits per heavy atom. The van der Waals surface area contributed by atoms with Crippen molar-refractivity contribution in [3.05, 3.63) is 48.3 Å². The van der Waals surface area contributed by atoms with E-state index in [1.807, 2.05) is 44.2 Å². The molecule has 4 atom stereocenters. The van der Waals surface area contributed by atoms with Crippen molar-refractivity contribution in [3.8, 4) is 11.4 Å². The highest BCUT2D eigenvalue weighted by atomic mass is 32.2. The van der Waals surface area contributed by atoms with Crippen molar-refractivity contribution in [1.29, 1.82) is 0 Å². The zero-order chi connectivity index (χ0) is 29.3. The number of morpholine rings is 1. The number of amides is 1. The van der Waals surface area contributed by atoms with Crippen LogP contribution in [0.1, 0.15) is 26.0 Å². The van der Waals surface area contributed by atoms with Crippen LogP contribution in [0, 0.1) is 0 Å². The molecule has 2 aliphatic rings. The number of anilines is 1. The molecule has 0 aliphatic carbocycles. The molecule has 0 aromatic carbocycles. The Morgan fingerprint density at radius 3 is 2.56 bits per heavy atom. The van der Waals surface area contributed by atoms with Gasteiger partial charge in [0.25, 0.3) is 10.0 Å². The number of piperidine rings is 1. The highest BCUT2D eigenvalue weighted by molar-refractivity contribution is 7.89. The van der Waals surface area contributed by atoms with Crippen LogP contribution >= 0.6 is 0 Å². The first-order valence-electron chi connectivity index (χ1n) is 13.4. The molecular weight excluding hydrogens is 558 g/mol. The second-order valence-electron chi connectivity index (χ2n) is 10.6. The monoisotopic (exact) mass is 590 g/mol. The number of fused-ring (bicyclic) bond motifs is 1. The van der Waals surface area contributed by atoms with Crippen LogP contribution in [0.4, 0.5) is 14.6 Å². The molecule has 5 heterocycles. The summed E-state index contributed by atoms with van der Waals surface area (Å²) in [5.41, 5.74) is 2.40. The summed E-state index contributed by atoms with van der Waals surface area (Å²) in [7, 11) is -4.87. The van der Waals surface area contributed by atoms with Crippen LogP contribution in [-0.2, 0) is 26.0 Å². The number of carbonyl (C=O) groups is 1. The van der Waals surface area contributed by atoms with Crippen molar-refractivity contribution in [2.24, 2.45) is 0 Å². The van der Waals surface area contributed by atoms with E-state index in [9.17, 15) is 27.1 Å². The number of aromatic nitrogens is 3. The molecule has 220 valence electrons. The molecule has 0 bridgehead atoms. The fraction of sp³-hybridized carbons (Fsp3) is 0.481. The van der Waals surface area contributed by atoms with Gasteiger partial charge in [0.1, 0.15) is 5.82 Å². The molecule has 0 unspecified atom stereocenters. The van der Waals surface area contributed by atoms with E-state index in [0.29, 0.717) is 26.9 Å². The lowest BCUT2D eigenvalue weighted by Crippen LogP contribution is -2.55. The van der Waals surface area contributed by atoms with Crippen molar-refractivity contribution in [1.82, 2.24) is 24.6 Å². The number of alkyl halides is 2. The molecule has 3 aromatic heterocycles. The van der Waals surface area contributed by atoms with Gasteiger partial charge in [-0.1, -0.05) is 6.07 Å². The minimum atomic E-state index is -4.87. The molecule has 2 N–H and O–H groups in total. The number of aliphatic hydroxyl groups is 1. The Morgan fingerprint density at radius 2 is 1.83 bits per heavy atom. The lowest BCUT2D eigenvalue weighted by atomic mass is 10.0. The van der Waals surface area contributed by atoms with E-state index in [-0.39, 0.29) is 31.6 Å². The Hall–Kier alpha value is -3.33. The molecule has 14 heteroatoms. The summed E-state index contributed by atoms with van der Waals surface area (Å²) in [5, 5.41) is 13.4. The van der Waals surface area contributed by atoms with Crippen molar-refractivity contribution in [2.45, 2.75) is 56.8 Å². The predicted molar refractivity (Wildman–Crippen MR) is 148 cm³/mol. The Labute approximate surface area is 236 Å². The first kappa shape index (κ1) is 29.2. The summed E-state index contributed by atoms with van der Waals surface area (Å²) in [5.74, 6) is -3.25. The number of aliphatic hydroxyl groups excluding tert-OH is 1. The number of hydrogen-bond acceptors (Lipinski definition) is 9. The van der Waals surface area contributed by atoms with Gasteiger partial charge in [-0.05, 0) is 50.6 Å². The van der Waals surface area contributed by atoms with Gasteiger partial charge in [-0.2, -0.15) is 13.1 Å². The number of pyridine rings is 3. The van der Waals surface area contributed by atoms with E-state index < -0.39 is 40.4 Å². The molecule has 0 spiro atoms. The van der Waals surface area contributed by atoms with Crippen LogP contribution in [0.2, 0.25) is 0 Å². The van der Waals surface area contributed by atoms with Crippen molar-refractivity contribution >= 4 is 32.7 Å². The quantitative estimate of drug-likeness (QED) is 0.423. The normalized spacial score (nSPS) is 24.1. The van der Waals surface area contributed by atoms with E-state index >= 15 is 0 Å². The van der Waals surface area contributed by atoms with Gasteiger partial charge in [0.15, 0.2) is 0 Å². The van der Waals surface area contributed by atoms with Gasteiger partial charge in [0.05, 0.1) is 47.3 Å². The Kier molecular flexibility index (Phi) is 8.45. The highest BCUT2D eigenvalue weighted by Crippen LogP contribution is 2.25. The largest absolute Gasteiger partial charge is 0.392 e. The summed E-state index contributed by atoms with van der Waals surface area (Å²) >= 11 is 0. The van der Waals surface area contributed by atoms with Crippen LogP contribution in [-0.4, -0.2) is 95.0 Å². The fourth-order valence-corrected chi connectivity index (χ4v) is 6.30. The number of carbonyl (C=O) groups excluding carboxylic acids is 1. The third-order valence-corrected chi connectivity index (χ3v) is 8.53. The molecule has 0 saturated carbocycles. The second-order valence-corrected chi connectivity index (χ2v) is 12.5.